The number of hydrogen-bond acceptors (Lipinski definition) is 12. The van der Waals surface area contributed by atoms with Gasteiger partial charge in [0.1, 0.15) is 42.2 Å². The molecule has 4 aliphatic heterocycles. The standard InChI is InChI=1S/C19H25N2O5PS.C18H25N2O5PS/c1-11-7-13(16(28)21-15(11)22)14-10-18(26-27(4)24-6-5-20-2)8-12-9-19(12,23-3)17(18)25-14;1-11-9-12(17(27)20-16(11)21)14-10-18(25-26(4)23-8-7-19-2)6-5-13(22-3)15(18)24-14/h7,12-14,17H,5-6,8-10H2,1,3-4H3,(H,21,22,28);9,12-15H,5-8,10H2,1,3-4H3,(H,20,21,27)/t12-,13?,14-,17+,18+,19-,27?;12?,13-,14-,15-,18+,26?/m11/s1/i2*3TD/t3?,12-,13?,14-,17+,18+,19-,27?;3?,12?,13-,14-,15-,18+,26?. The summed E-state index contributed by atoms with van der Waals surface area (Å²) in [6.45, 7) is 22.1. The van der Waals surface area contributed by atoms with Crippen molar-refractivity contribution in [3.05, 3.63) is 46.1 Å². The SMILES string of the molecule is [2H]C([3H])O[C@@H]1CC[C@]2(OP(C)OCC[N+]#[C-])C[C@H](C3C=C(C)C(=O)NC3=S)O[C@H]12.[2H]C([3H])O[C@]12C[C@H]1C[C@]1(OP(C)OCC[N+]#[C-])C[C@H](C3C=C(C)C(=O)NC3=S)O[C@@H]12. The van der Waals surface area contributed by atoms with Crippen molar-refractivity contribution in [2.75, 3.05) is 53.8 Å². The molecule has 0 aromatic carbocycles. The number of methoxy groups -OCH3 is 2. The van der Waals surface area contributed by atoms with Gasteiger partial charge in [-0.25, -0.2) is 13.1 Å². The highest BCUT2D eigenvalue weighted by molar-refractivity contribution is 7.80. The predicted octanol–water partition coefficient (Wildman–Crippen LogP) is 5.21. The van der Waals surface area contributed by atoms with E-state index in [4.69, 9.17) is 80.1 Å². The highest BCUT2D eigenvalue weighted by Gasteiger charge is 2.77. The maximum atomic E-state index is 11.9. The van der Waals surface area contributed by atoms with Gasteiger partial charge in [0.15, 0.2) is 16.8 Å². The largest absolute Gasteiger partial charge is 0.379 e. The van der Waals surface area contributed by atoms with E-state index >= 15 is 0 Å². The van der Waals surface area contributed by atoms with Crippen molar-refractivity contribution < 1.29 is 52.1 Å². The van der Waals surface area contributed by atoms with Gasteiger partial charge in [0.05, 0.1) is 45.6 Å². The Labute approximate surface area is 342 Å². The summed E-state index contributed by atoms with van der Waals surface area (Å²) in [6, 6.07) is 0. The molecule has 7 rings (SSSR count). The summed E-state index contributed by atoms with van der Waals surface area (Å²) in [4.78, 5) is 31.2. The van der Waals surface area contributed by atoms with Crippen LogP contribution in [-0.2, 0) is 46.6 Å². The first-order valence-corrected chi connectivity index (χ1v) is 22.2. The van der Waals surface area contributed by atoms with Crippen LogP contribution in [0.2, 0.25) is 0 Å². The molecule has 55 heavy (non-hydrogen) atoms. The molecule has 5 fully saturated rings. The monoisotopic (exact) mass is 842 g/mol. The minimum atomic E-state index is -1.41. The Kier molecular flexibility index (Phi) is 11.9. The van der Waals surface area contributed by atoms with Gasteiger partial charge in [-0.05, 0) is 45.4 Å². The highest BCUT2D eigenvalue weighted by Crippen LogP contribution is 2.69. The van der Waals surface area contributed by atoms with Crippen LogP contribution in [0.1, 0.15) is 57.9 Å². The molecule has 0 aromatic heterocycles. The third-order valence-corrected chi connectivity index (χ3v) is 14.5. The molecule has 0 spiro atoms. The maximum Gasteiger partial charge on any atom is 0.251 e. The van der Waals surface area contributed by atoms with Gasteiger partial charge in [-0.15, -0.1) is 0 Å². The normalized spacial score (nSPS) is 41.7. The van der Waals surface area contributed by atoms with Gasteiger partial charge in [-0.3, -0.25) is 9.59 Å². The van der Waals surface area contributed by atoms with E-state index in [2.05, 4.69) is 20.3 Å². The Morgan fingerprint density at radius 2 is 1.47 bits per heavy atom. The smallest absolute Gasteiger partial charge is 0.251 e. The minimum absolute atomic E-state index is 0.184. The molecule has 14 nitrogen and oxygen atoms in total. The van der Waals surface area contributed by atoms with Crippen molar-refractivity contribution in [2.24, 2.45) is 17.8 Å². The maximum absolute atomic E-state index is 11.9. The number of carbonyl (C=O) groups is 2. The van der Waals surface area contributed by atoms with E-state index < -0.39 is 66.0 Å². The van der Waals surface area contributed by atoms with Crippen molar-refractivity contribution in [3.8, 4) is 0 Å². The summed E-state index contributed by atoms with van der Waals surface area (Å²) in [5.74, 6) is -0.731. The highest BCUT2D eigenvalue weighted by atomic mass is 32.1. The summed E-state index contributed by atoms with van der Waals surface area (Å²) in [5.41, 5.74) is -0.822. The topological polar surface area (TPSA) is 141 Å². The van der Waals surface area contributed by atoms with Crippen LogP contribution in [-0.4, -0.2) is 123 Å². The van der Waals surface area contributed by atoms with Crippen LogP contribution in [0.25, 0.3) is 9.69 Å². The zero-order valence-corrected chi connectivity index (χ0v) is 34.6. The molecule has 6 unspecified atom stereocenters. The molecule has 7 aliphatic rings. The summed E-state index contributed by atoms with van der Waals surface area (Å²) in [7, 11) is -5.29. The van der Waals surface area contributed by atoms with Crippen molar-refractivity contribution in [1.82, 2.24) is 10.6 Å². The first-order valence-electron chi connectivity index (χ1n) is 20.5. The van der Waals surface area contributed by atoms with Crippen molar-refractivity contribution >= 4 is 63.0 Å². The van der Waals surface area contributed by atoms with Gasteiger partial charge in [-0.1, -0.05) is 36.6 Å². The fourth-order valence-corrected chi connectivity index (χ4v) is 11.8. The number of nitrogens with one attached hydrogen (secondary N) is 2. The molecule has 2 saturated heterocycles. The van der Waals surface area contributed by atoms with E-state index in [0.717, 1.165) is 6.42 Å². The lowest BCUT2D eigenvalue weighted by molar-refractivity contribution is -0.117. The number of thiocarbonyl (C=S) groups is 2. The van der Waals surface area contributed by atoms with E-state index in [9.17, 15) is 9.59 Å². The Morgan fingerprint density at radius 3 is 2.04 bits per heavy atom. The second-order valence-corrected chi connectivity index (χ2v) is 18.5. The van der Waals surface area contributed by atoms with Crippen molar-refractivity contribution in [3.63, 3.8) is 0 Å². The molecule has 3 saturated carbocycles. The summed E-state index contributed by atoms with van der Waals surface area (Å²) in [5, 5.41) is 5.45. The van der Waals surface area contributed by atoms with E-state index in [1.165, 1.54) is 0 Å². The van der Waals surface area contributed by atoms with E-state index in [-0.39, 0.29) is 54.9 Å². The van der Waals surface area contributed by atoms with E-state index in [1.807, 2.05) is 25.5 Å². The third-order valence-electron chi connectivity index (χ3n) is 11.5. The molecular weight excluding hydrogens is 787 g/mol. The van der Waals surface area contributed by atoms with Crippen LogP contribution in [0.5, 0.6) is 0 Å². The minimum Gasteiger partial charge on any atom is -0.379 e. The summed E-state index contributed by atoms with van der Waals surface area (Å²) >= 11 is 10.8. The molecular formula is C37H50N4O10P2S2. The number of hydrogen-bond donors (Lipinski definition) is 2. The van der Waals surface area contributed by atoms with Gasteiger partial charge in [-0.2, -0.15) is 0 Å². The zero-order chi connectivity index (χ0) is 42.9. The molecule has 2 N–H and O–H groups in total. The number of rotatable bonds is 14. The van der Waals surface area contributed by atoms with Crippen molar-refractivity contribution in [2.45, 2.75) is 99.7 Å². The van der Waals surface area contributed by atoms with Crippen LogP contribution in [0, 0.1) is 30.9 Å². The number of amides is 2. The lowest BCUT2D eigenvalue weighted by Gasteiger charge is -2.34. The number of carbonyl (C=O) groups excluding carboxylic acids is 2. The second kappa shape index (κ2) is 17.5. The molecule has 15 atom stereocenters. The van der Waals surface area contributed by atoms with E-state index in [1.54, 1.807) is 13.8 Å². The van der Waals surface area contributed by atoms with Gasteiger partial charge < -0.3 is 57.4 Å². The van der Waals surface area contributed by atoms with Crippen LogP contribution in [0.15, 0.2) is 23.3 Å². The number of ether oxygens (including phenoxy) is 4. The fraction of sp³-hybridized carbons (Fsp3) is 0.730. The molecule has 0 aromatic rings. The second-order valence-electron chi connectivity index (χ2n) is 15.0. The molecule has 0 bridgehead atoms. The Balaban J connectivity index is 0.000000199. The fourth-order valence-electron chi connectivity index (χ4n) is 8.88. The molecule has 4 heterocycles. The predicted molar refractivity (Wildman–Crippen MR) is 213 cm³/mol. The Bertz CT molecular complexity index is 1810. The first kappa shape index (κ1) is 37.4. The van der Waals surface area contributed by atoms with E-state index in [0.29, 0.717) is 66.4 Å². The lowest BCUT2D eigenvalue weighted by atomic mass is 9.86. The quantitative estimate of drug-likeness (QED) is 0.103. The molecule has 3 aliphatic carbocycles. The van der Waals surface area contributed by atoms with Gasteiger partial charge in [0, 0.05) is 51.4 Å². The van der Waals surface area contributed by atoms with Crippen LogP contribution < -0.4 is 10.6 Å². The Hall–Kier alpha value is -1.88. The van der Waals surface area contributed by atoms with Gasteiger partial charge in [0.2, 0.25) is 13.1 Å². The van der Waals surface area contributed by atoms with Crippen LogP contribution in [0.3, 0.4) is 0 Å². The zero-order valence-electron chi connectivity index (χ0n) is 35.2. The Morgan fingerprint density at radius 1 is 0.909 bits per heavy atom. The van der Waals surface area contributed by atoms with Crippen LogP contribution >= 0.6 is 41.2 Å². The number of fused-ring (bicyclic) bond motifs is 4. The molecule has 0 radical (unpaired) electrons. The summed E-state index contributed by atoms with van der Waals surface area (Å²) in [6.07, 6.45) is 5.57. The molecule has 300 valence electrons. The molecule has 18 heteroatoms. The average molecular weight is 843 g/mol. The molecule has 2 amide bonds. The summed E-state index contributed by atoms with van der Waals surface area (Å²) < 4.78 is 78.3. The third kappa shape index (κ3) is 8.64. The van der Waals surface area contributed by atoms with Crippen molar-refractivity contribution in [1.29, 1.82) is 0 Å². The van der Waals surface area contributed by atoms with Gasteiger partial charge in [0.25, 0.3) is 11.8 Å². The lowest BCUT2D eigenvalue weighted by Crippen LogP contribution is -2.44. The van der Waals surface area contributed by atoms with Gasteiger partial charge >= 0.3 is 0 Å². The average Bonchev–Trinajstić information content (AvgIpc) is 3.42. The number of nitrogens with zero attached hydrogens (tertiary/aromatic N) is 2. The van der Waals surface area contributed by atoms with Crippen LogP contribution in [0.4, 0.5) is 0 Å². The first-order chi connectivity index (χ1) is 28.0.